The molecule has 0 spiro atoms. The first-order valence-corrected chi connectivity index (χ1v) is 8.98. The highest BCUT2D eigenvalue weighted by Gasteiger charge is 2.28. The molecule has 0 radical (unpaired) electrons. The average molecular weight is 358 g/mol. The Bertz CT molecular complexity index is 649. The van der Waals surface area contributed by atoms with Gasteiger partial charge in [0.1, 0.15) is 0 Å². The zero-order valence-electron chi connectivity index (χ0n) is 10.7. The van der Waals surface area contributed by atoms with Crippen LogP contribution in [0.3, 0.4) is 0 Å². The van der Waals surface area contributed by atoms with E-state index in [4.69, 9.17) is 12.2 Å². The van der Waals surface area contributed by atoms with E-state index in [2.05, 4.69) is 36.7 Å². The molecule has 102 valence electrons. The number of fused-ring (bicyclic) bond motifs is 1. The third-order valence-corrected chi connectivity index (χ3v) is 5.71. The standard InChI is InChI=1S/C13H16BrN3S2/c1-19-11-5-3-2-4-10(11)17-12-9(16-13(17)18)6-8(14)7-15-12/h6-7,10-11H,2-5H2,1H3,(H,16,18). The summed E-state index contributed by atoms with van der Waals surface area (Å²) >= 11 is 10.9. The Kier molecular flexibility index (Phi) is 4.01. The summed E-state index contributed by atoms with van der Waals surface area (Å²) in [4.78, 5) is 7.84. The fourth-order valence-electron chi connectivity index (χ4n) is 2.94. The third kappa shape index (κ3) is 2.50. The van der Waals surface area contributed by atoms with Crippen LogP contribution in [0.1, 0.15) is 31.7 Å². The van der Waals surface area contributed by atoms with Gasteiger partial charge in [-0.3, -0.25) is 4.57 Å². The Morgan fingerprint density at radius 2 is 2.26 bits per heavy atom. The number of H-pyrrole nitrogens is 1. The number of thioether (sulfide) groups is 1. The van der Waals surface area contributed by atoms with Crippen molar-refractivity contribution in [1.82, 2.24) is 14.5 Å². The normalized spacial score (nSPS) is 23.9. The maximum absolute atomic E-state index is 5.52. The lowest BCUT2D eigenvalue weighted by molar-refractivity contribution is 0.367. The second kappa shape index (κ2) is 5.58. The van der Waals surface area contributed by atoms with E-state index in [1.807, 2.05) is 24.0 Å². The average Bonchev–Trinajstić information content (AvgIpc) is 2.73. The molecule has 2 aromatic rings. The Morgan fingerprint density at radius 1 is 1.47 bits per heavy atom. The van der Waals surface area contributed by atoms with E-state index in [0.717, 1.165) is 20.4 Å². The molecule has 0 aromatic carbocycles. The summed E-state index contributed by atoms with van der Waals surface area (Å²) < 4.78 is 4.01. The van der Waals surface area contributed by atoms with Gasteiger partial charge in [-0.15, -0.1) is 0 Å². The fraction of sp³-hybridized carbons (Fsp3) is 0.538. The summed E-state index contributed by atoms with van der Waals surface area (Å²) in [6, 6.07) is 2.52. The van der Waals surface area contributed by atoms with Crippen LogP contribution in [0.25, 0.3) is 11.2 Å². The molecule has 0 saturated heterocycles. The number of aromatic nitrogens is 3. The van der Waals surface area contributed by atoms with Gasteiger partial charge in [0, 0.05) is 22.0 Å². The highest BCUT2D eigenvalue weighted by Crippen LogP contribution is 2.37. The smallest absolute Gasteiger partial charge is 0.179 e. The van der Waals surface area contributed by atoms with Crippen LogP contribution in [0.5, 0.6) is 0 Å². The lowest BCUT2D eigenvalue weighted by Gasteiger charge is -2.31. The van der Waals surface area contributed by atoms with Crippen molar-refractivity contribution in [3.8, 4) is 0 Å². The molecule has 1 N–H and O–H groups in total. The summed E-state index contributed by atoms with van der Waals surface area (Å²) in [5.74, 6) is 0. The summed E-state index contributed by atoms with van der Waals surface area (Å²) in [6.45, 7) is 0. The van der Waals surface area contributed by atoms with E-state index in [-0.39, 0.29) is 0 Å². The molecule has 2 heterocycles. The first kappa shape index (κ1) is 13.6. The molecule has 19 heavy (non-hydrogen) atoms. The number of halogens is 1. The van der Waals surface area contributed by atoms with Crippen LogP contribution in [-0.4, -0.2) is 26.0 Å². The van der Waals surface area contributed by atoms with E-state index in [1.165, 1.54) is 25.7 Å². The van der Waals surface area contributed by atoms with Crippen LogP contribution in [0.2, 0.25) is 0 Å². The van der Waals surface area contributed by atoms with Crippen molar-refractivity contribution in [3.63, 3.8) is 0 Å². The Balaban J connectivity index is 2.13. The SMILES string of the molecule is CSC1CCCCC1n1c(=S)[nH]c2cc(Br)cnc21. The van der Waals surface area contributed by atoms with Crippen LogP contribution < -0.4 is 0 Å². The number of imidazole rings is 1. The number of hydrogen-bond donors (Lipinski definition) is 1. The summed E-state index contributed by atoms with van der Waals surface area (Å²) in [5, 5.41) is 0.643. The molecule has 6 heteroatoms. The molecule has 1 fully saturated rings. The second-order valence-electron chi connectivity index (χ2n) is 4.95. The van der Waals surface area contributed by atoms with Gasteiger partial charge in [0.05, 0.1) is 5.52 Å². The quantitative estimate of drug-likeness (QED) is 0.790. The van der Waals surface area contributed by atoms with E-state index in [1.54, 1.807) is 0 Å². The lowest BCUT2D eigenvalue weighted by atomic mass is 9.94. The van der Waals surface area contributed by atoms with Gasteiger partial charge in [0.15, 0.2) is 10.4 Å². The number of rotatable bonds is 2. The van der Waals surface area contributed by atoms with Crippen molar-refractivity contribution < 1.29 is 0 Å². The van der Waals surface area contributed by atoms with Crippen molar-refractivity contribution >= 4 is 51.1 Å². The summed E-state index contributed by atoms with van der Waals surface area (Å²) in [6.07, 6.45) is 9.13. The predicted molar refractivity (Wildman–Crippen MR) is 87.4 cm³/mol. The molecule has 2 unspecified atom stereocenters. The zero-order valence-corrected chi connectivity index (χ0v) is 13.9. The van der Waals surface area contributed by atoms with Gasteiger partial charge in [0.2, 0.25) is 0 Å². The minimum absolute atomic E-state index is 0.471. The van der Waals surface area contributed by atoms with Gasteiger partial charge in [-0.25, -0.2) is 4.98 Å². The Hall–Kier alpha value is -0.330. The van der Waals surface area contributed by atoms with Crippen LogP contribution in [0.15, 0.2) is 16.7 Å². The number of hydrogen-bond acceptors (Lipinski definition) is 3. The van der Waals surface area contributed by atoms with E-state index in [9.17, 15) is 0 Å². The highest BCUT2D eigenvalue weighted by molar-refractivity contribution is 9.10. The second-order valence-corrected chi connectivity index (χ2v) is 7.33. The minimum atomic E-state index is 0.471. The van der Waals surface area contributed by atoms with Gasteiger partial charge in [-0.05, 0) is 53.3 Å². The van der Waals surface area contributed by atoms with Crippen molar-refractivity contribution in [1.29, 1.82) is 0 Å². The van der Waals surface area contributed by atoms with Crippen molar-refractivity contribution in [3.05, 3.63) is 21.5 Å². The van der Waals surface area contributed by atoms with Crippen molar-refractivity contribution in [2.45, 2.75) is 37.0 Å². The maximum atomic E-state index is 5.52. The third-order valence-electron chi connectivity index (χ3n) is 3.82. The molecule has 2 aromatic heterocycles. The number of pyridine rings is 1. The van der Waals surface area contributed by atoms with Gasteiger partial charge in [0.25, 0.3) is 0 Å². The van der Waals surface area contributed by atoms with Crippen LogP contribution in [-0.2, 0) is 0 Å². The van der Waals surface area contributed by atoms with Crippen molar-refractivity contribution in [2.24, 2.45) is 0 Å². The molecule has 0 amide bonds. The topological polar surface area (TPSA) is 33.6 Å². The molecule has 0 bridgehead atoms. The monoisotopic (exact) mass is 357 g/mol. The number of aromatic amines is 1. The van der Waals surface area contributed by atoms with E-state index >= 15 is 0 Å². The fourth-order valence-corrected chi connectivity index (χ4v) is 4.58. The molecule has 1 aliphatic carbocycles. The number of nitrogens with one attached hydrogen (secondary N) is 1. The molecule has 3 nitrogen and oxygen atoms in total. The first-order valence-electron chi connectivity index (χ1n) is 6.49. The van der Waals surface area contributed by atoms with Crippen LogP contribution in [0, 0.1) is 4.77 Å². The molecule has 1 aliphatic rings. The van der Waals surface area contributed by atoms with Gasteiger partial charge >= 0.3 is 0 Å². The molecular formula is C13H16BrN3S2. The number of nitrogens with zero attached hydrogens (tertiary/aromatic N) is 2. The Labute approximate surface area is 130 Å². The molecule has 1 saturated carbocycles. The van der Waals surface area contributed by atoms with E-state index < -0.39 is 0 Å². The predicted octanol–water partition coefficient (Wildman–Crippen LogP) is 4.70. The molecular weight excluding hydrogens is 342 g/mol. The van der Waals surface area contributed by atoms with Crippen molar-refractivity contribution in [2.75, 3.05) is 6.26 Å². The Morgan fingerprint density at radius 3 is 3.05 bits per heavy atom. The van der Waals surface area contributed by atoms with Crippen LogP contribution in [0.4, 0.5) is 0 Å². The first-order chi connectivity index (χ1) is 9.20. The lowest BCUT2D eigenvalue weighted by Crippen LogP contribution is -2.25. The highest BCUT2D eigenvalue weighted by atomic mass is 79.9. The van der Waals surface area contributed by atoms with Gasteiger partial charge in [-0.2, -0.15) is 11.8 Å². The van der Waals surface area contributed by atoms with E-state index in [0.29, 0.717) is 11.3 Å². The largest absolute Gasteiger partial charge is 0.329 e. The minimum Gasteiger partial charge on any atom is -0.329 e. The summed E-state index contributed by atoms with van der Waals surface area (Å²) in [5.41, 5.74) is 2.00. The van der Waals surface area contributed by atoms with Gasteiger partial charge < -0.3 is 4.98 Å². The molecule has 3 rings (SSSR count). The maximum Gasteiger partial charge on any atom is 0.179 e. The van der Waals surface area contributed by atoms with Crippen LogP contribution >= 0.6 is 39.9 Å². The zero-order chi connectivity index (χ0) is 13.4. The molecule has 2 atom stereocenters. The summed E-state index contributed by atoms with van der Waals surface area (Å²) in [7, 11) is 0. The van der Waals surface area contributed by atoms with Gasteiger partial charge in [-0.1, -0.05) is 12.8 Å². The molecule has 0 aliphatic heterocycles.